The van der Waals surface area contributed by atoms with Gasteiger partial charge < -0.3 is 9.84 Å². The molecule has 1 aliphatic heterocycles. The van der Waals surface area contributed by atoms with Gasteiger partial charge in [0.05, 0.1) is 6.10 Å². The summed E-state index contributed by atoms with van der Waals surface area (Å²) >= 11 is 0. The van der Waals surface area contributed by atoms with Crippen molar-refractivity contribution in [3.05, 3.63) is 35.6 Å². The van der Waals surface area contributed by atoms with Gasteiger partial charge in [-0.15, -0.1) is 0 Å². The fourth-order valence-corrected chi connectivity index (χ4v) is 2.84. The van der Waals surface area contributed by atoms with Gasteiger partial charge >= 0.3 is 0 Å². The Morgan fingerprint density at radius 2 is 1.95 bits per heavy atom. The lowest BCUT2D eigenvalue weighted by Gasteiger charge is -2.38. The fraction of sp³-hybridized carbons (Fsp3) is 0.625. The minimum absolute atomic E-state index is 0.319. The van der Waals surface area contributed by atoms with Crippen LogP contribution < -0.4 is 0 Å². The second-order valence-electron chi connectivity index (χ2n) is 5.67. The molecule has 0 amide bonds. The van der Waals surface area contributed by atoms with Crippen molar-refractivity contribution in [1.82, 2.24) is 4.90 Å². The van der Waals surface area contributed by atoms with E-state index >= 15 is 0 Å². The molecule has 1 atom stereocenters. The lowest BCUT2D eigenvalue weighted by molar-refractivity contribution is 0.000244. The second-order valence-corrected chi connectivity index (χ2v) is 5.67. The predicted octanol–water partition coefficient (Wildman–Crippen LogP) is 2.75. The molecule has 1 N–H and O–H groups in total. The predicted molar refractivity (Wildman–Crippen MR) is 77.0 cm³/mol. The molecule has 20 heavy (non-hydrogen) atoms. The minimum atomic E-state index is -0.790. The Morgan fingerprint density at radius 3 is 2.55 bits per heavy atom. The Bertz CT molecular complexity index is 419. The molecule has 0 radical (unpaired) electrons. The molecule has 1 aliphatic rings. The molecule has 0 saturated carbocycles. The van der Waals surface area contributed by atoms with Gasteiger partial charge in [0.1, 0.15) is 5.82 Å². The van der Waals surface area contributed by atoms with Gasteiger partial charge in [-0.3, -0.25) is 4.90 Å². The van der Waals surface area contributed by atoms with Crippen molar-refractivity contribution in [1.29, 1.82) is 0 Å². The number of halogens is 1. The largest absolute Gasteiger partial charge is 0.387 e. The SMILES string of the molecule is CC(C)N(CC(O)c1ccccc1F)C1CCOCC1. The first-order valence-corrected chi connectivity index (χ1v) is 7.35. The average molecular weight is 281 g/mol. The molecule has 112 valence electrons. The van der Waals surface area contributed by atoms with Crippen LogP contribution in [-0.2, 0) is 4.74 Å². The highest BCUT2D eigenvalue weighted by Crippen LogP contribution is 2.23. The third kappa shape index (κ3) is 3.78. The number of nitrogens with zero attached hydrogens (tertiary/aromatic N) is 1. The maximum absolute atomic E-state index is 13.7. The van der Waals surface area contributed by atoms with E-state index in [0.29, 0.717) is 24.2 Å². The normalized spacial score (nSPS) is 18.7. The summed E-state index contributed by atoms with van der Waals surface area (Å²) in [7, 11) is 0. The number of hydrogen-bond donors (Lipinski definition) is 1. The minimum Gasteiger partial charge on any atom is -0.387 e. The van der Waals surface area contributed by atoms with E-state index in [9.17, 15) is 9.50 Å². The Hall–Kier alpha value is -0.970. The fourth-order valence-electron chi connectivity index (χ4n) is 2.84. The number of ether oxygens (including phenoxy) is 1. The molecule has 0 spiro atoms. The summed E-state index contributed by atoms with van der Waals surface area (Å²) in [5.41, 5.74) is 0.380. The molecule has 4 heteroatoms. The molecule has 0 bridgehead atoms. The molecule has 1 heterocycles. The van der Waals surface area contributed by atoms with Crippen molar-refractivity contribution >= 4 is 0 Å². The summed E-state index contributed by atoms with van der Waals surface area (Å²) < 4.78 is 19.1. The highest BCUT2D eigenvalue weighted by atomic mass is 19.1. The number of benzene rings is 1. The van der Waals surface area contributed by atoms with Gasteiger partial charge in [-0.2, -0.15) is 0 Å². The number of rotatable bonds is 5. The summed E-state index contributed by atoms with van der Waals surface area (Å²) in [6.45, 7) is 6.23. The Balaban J connectivity index is 2.06. The maximum Gasteiger partial charge on any atom is 0.129 e. The maximum atomic E-state index is 13.7. The van der Waals surface area contributed by atoms with E-state index in [-0.39, 0.29) is 5.82 Å². The molecule has 1 aromatic rings. The topological polar surface area (TPSA) is 32.7 Å². The van der Waals surface area contributed by atoms with E-state index in [4.69, 9.17) is 4.74 Å². The number of aliphatic hydroxyl groups excluding tert-OH is 1. The second kappa shape index (κ2) is 7.16. The Kier molecular flexibility index (Phi) is 5.52. The smallest absolute Gasteiger partial charge is 0.129 e. The van der Waals surface area contributed by atoms with Gasteiger partial charge in [-0.25, -0.2) is 4.39 Å². The van der Waals surface area contributed by atoms with Crippen molar-refractivity contribution < 1.29 is 14.2 Å². The van der Waals surface area contributed by atoms with E-state index in [2.05, 4.69) is 18.7 Å². The molecule has 1 fully saturated rings. The average Bonchev–Trinajstić information content (AvgIpc) is 2.45. The quantitative estimate of drug-likeness (QED) is 0.901. The molecule has 0 aliphatic carbocycles. The summed E-state index contributed by atoms with van der Waals surface area (Å²) in [4.78, 5) is 2.26. The van der Waals surface area contributed by atoms with E-state index in [0.717, 1.165) is 26.1 Å². The standard InChI is InChI=1S/C16H24FNO2/c1-12(2)18(13-7-9-20-10-8-13)11-16(19)14-5-3-4-6-15(14)17/h3-6,12-13,16,19H,7-11H2,1-2H3. The summed E-state index contributed by atoms with van der Waals surface area (Å²) in [6.07, 6.45) is 1.16. The van der Waals surface area contributed by atoms with Crippen LogP contribution >= 0.6 is 0 Å². The molecular weight excluding hydrogens is 257 g/mol. The molecular formula is C16H24FNO2. The highest BCUT2D eigenvalue weighted by molar-refractivity contribution is 5.20. The number of hydrogen-bond acceptors (Lipinski definition) is 3. The van der Waals surface area contributed by atoms with Crippen molar-refractivity contribution in [2.45, 2.75) is 44.9 Å². The summed E-state index contributed by atoms with van der Waals surface area (Å²) in [5, 5.41) is 10.3. The zero-order chi connectivity index (χ0) is 14.5. The summed E-state index contributed by atoms with van der Waals surface area (Å²) in [6, 6.07) is 7.18. The van der Waals surface area contributed by atoms with Crippen LogP contribution in [0.1, 0.15) is 38.4 Å². The van der Waals surface area contributed by atoms with Crippen molar-refractivity contribution in [3.63, 3.8) is 0 Å². The van der Waals surface area contributed by atoms with Crippen LogP contribution in [0.15, 0.2) is 24.3 Å². The third-order valence-corrected chi connectivity index (χ3v) is 3.97. The summed E-state index contributed by atoms with van der Waals surface area (Å²) in [5.74, 6) is -0.337. The van der Waals surface area contributed by atoms with Crippen molar-refractivity contribution in [2.24, 2.45) is 0 Å². The highest BCUT2D eigenvalue weighted by Gasteiger charge is 2.26. The van der Waals surface area contributed by atoms with Gasteiger partial charge in [0.15, 0.2) is 0 Å². The lowest BCUT2D eigenvalue weighted by Crippen LogP contribution is -2.45. The van der Waals surface area contributed by atoms with Crippen LogP contribution in [-0.4, -0.2) is 41.8 Å². The van der Waals surface area contributed by atoms with Crippen molar-refractivity contribution in [3.8, 4) is 0 Å². The first kappa shape index (κ1) is 15.4. The zero-order valence-corrected chi connectivity index (χ0v) is 12.3. The van der Waals surface area contributed by atoms with Crippen LogP contribution in [0.25, 0.3) is 0 Å². The van der Waals surface area contributed by atoms with Gasteiger partial charge in [0.2, 0.25) is 0 Å². The van der Waals surface area contributed by atoms with Crippen LogP contribution in [0.3, 0.4) is 0 Å². The van der Waals surface area contributed by atoms with Crippen LogP contribution in [0.5, 0.6) is 0 Å². The first-order valence-electron chi connectivity index (χ1n) is 7.35. The monoisotopic (exact) mass is 281 g/mol. The molecule has 2 rings (SSSR count). The van der Waals surface area contributed by atoms with Gasteiger partial charge in [0.25, 0.3) is 0 Å². The molecule has 1 unspecified atom stereocenters. The lowest BCUT2D eigenvalue weighted by atomic mass is 10.0. The Labute approximate surface area is 120 Å². The molecule has 3 nitrogen and oxygen atoms in total. The van der Waals surface area contributed by atoms with E-state index in [1.165, 1.54) is 6.07 Å². The molecule has 1 aromatic carbocycles. The van der Waals surface area contributed by atoms with Gasteiger partial charge in [0, 0.05) is 37.4 Å². The van der Waals surface area contributed by atoms with Gasteiger partial charge in [-0.05, 0) is 32.8 Å². The van der Waals surface area contributed by atoms with Gasteiger partial charge in [-0.1, -0.05) is 18.2 Å². The Morgan fingerprint density at radius 1 is 1.30 bits per heavy atom. The molecule has 1 saturated heterocycles. The van der Waals surface area contributed by atoms with E-state index in [1.807, 2.05) is 0 Å². The third-order valence-electron chi connectivity index (χ3n) is 3.97. The van der Waals surface area contributed by atoms with Crippen LogP contribution in [0.2, 0.25) is 0 Å². The van der Waals surface area contributed by atoms with Crippen molar-refractivity contribution in [2.75, 3.05) is 19.8 Å². The van der Waals surface area contributed by atoms with E-state index in [1.54, 1.807) is 18.2 Å². The zero-order valence-electron chi connectivity index (χ0n) is 12.3. The number of aliphatic hydroxyl groups is 1. The first-order chi connectivity index (χ1) is 9.59. The van der Waals surface area contributed by atoms with Crippen LogP contribution in [0.4, 0.5) is 4.39 Å². The molecule has 0 aromatic heterocycles. The van der Waals surface area contributed by atoms with Crippen LogP contribution in [0, 0.1) is 5.82 Å². The van der Waals surface area contributed by atoms with E-state index < -0.39 is 6.10 Å².